The average molecular weight is 193 g/mol. The maximum Gasteiger partial charge on any atom is 0.283 e. The lowest BCUT2D eigenvalue weighted by Gasteiger charge is -2.23. The van der Waals surface area contributed by atoms with Crippen molar-refractivity contribution in [2.75, 3.05) is 18.2 Å². The summed E-state index contributed by atoms with van der Waals surface area (Å²) in [6, 6.07) is 11.9. The van der Waals surface area contributed by atoms with Gasteiger partial charge < -0.3 is 8.99 Å². The monoisotopic (exact) mass is 193 g/mol. The maximum atomic E-state index is 5.54. The summed E-state index contributed by atoms with van der Waals surface area (Å²) in [5.74, 6) is 0. The van der Waals surface area contributed by atoms with E-state index < -0.39 is 9.20 Å². The van der Waals surface area contributed by atoms with Crippen LogP contribution >= 0.6 is 0 Å². The van der Waals surface area contributed by atoms with Crippen molar-refractivity contribution in [2.24, 2.45) is 0 Å². The van der Waals surface area contributed by atoms with Crippen molar-refractivity contribution in [3.63, 3.8) is 0 Å². The number of hydrogen-bond donors (Lipinski definition) is 0. The molecule has 1 aliphatic heterocycles. The SMILES string of the molecule is CO[SiH]1CCCN1c1ccccc1. The normalized spacial score (nSPS) is 22.2. The lowest BCUT2D eigenvalue weighted by atomic mass is 10.3. The zero-order valence-corrected chi connectivity index (χ0v) is 9.10. The molecule has 0 amide bonds. The number of hydrogen-bond acceptors (Lipinski definition) is 2. The van der Waals surface area contributed by atoms with Crippen molar-refractivity contribution in [3.05, 3.63) is 30.3 Å². The molecule has 0 aliphatic carbocycles. The zero-order valence-electron chi connectivity index (χ0n) is 7.94. The Kier molecular flexibility index (Phi) is 2.66. The van der Waals surface area contributed by atoms with Crippen LogP contribution in [-0.4, -0.2) is 22.9 Å². The van der Waals surface area contributed by atoms with E-state index >= 15 is 0 Å². The van der Waals surface area contributed by atoms with Crippen molar-refractivity contribution in [2.45, 2.75) is 12.5 Å². The Labute approximate surface area is 80.9 Å². The van der Waals surface area contributed by atoms with Gasteiger partial charge in [-0.05, 0) is 24.6 Å². The van der Waals surface area contributed by atoms with Gasteiger partial charge in [0.2, 0.25) is 0 Å². The van der Waals surface area contributed by atoms with Crippen LogP contribution < -0.4 is 4.57 Å². The fourth-order valence-electron chi connectivity index (χ4n) is 1.90. The van der Waals surface area contributed by atoms with Crippen LogP contribution in [0, 0.1) is 0 Å². The molecule has 1 aliphatic rings. The largest absolute Gasteiger partial charge is 0.404 e. The van der Waals surface area contributed by atoms with Gasteiger partial charge in [-0.1, -0.05) is 18.2 Å². The standard InChI is InChI=1S/C10H15NOSi/c1-12-13-9-5-8-11(13)10-6-3-2-4-7-10/h2-4,6-7,13H,5,8-9H2,1H3. The van der Waals surface area contributed by atoms with Gasteiger partial charge in [-0.15, -0.1) is 0 Å². The molecular weight excluding hydrogens is 178 g/mol. The first-order valence-corrected chi connectivity index (χ1v) is 6.57. The number of para-hydroxylation sites is 1. The Bertz CT molecular complexity index is 265. The highest BCUT2D eigenvalue weighted by Gasteiger charge is 2.26. The first-order valence-electron chi connectivity index (χ1n) is 4.76. The summed E-state index contributed by atoms with van der Waals surface area (Å²) >= 11 is 0. The molecular formula is C10H15NOSi. The summed E-state index contributed by atoms with van der Waals surface area (Å²) in [6.07, 6.45) is 1.29. The average Bonchev–Trinajstić information content (AvgIpc) is 2.67. The highest BCUT2D eigenvalue weighted by molar-refractivity contribution is 6.57. The van der Waals surface area contributed by atoms with Crippen molar-refractivity contribution < 1.29 is 4.43 Å². The second-order valence-electron chi connectivity index (χ2n) is 3.36. The van der Waals surface area contributed by atoms with Gasteiger partial charge in [-0.2, -0.15) is 0 Å². The molecule has 3 heteroatoms. The fraction of sp³-hybridized carbons (Fsp3) is 0.400. The molecule has 70 valence electrons. The topological polar surface area (TPSA) is 12.5 Å². The number of nitrogens with zero attached hydrogens (tertiary/aromatic N) is 1. The van der Waals surface area contributed by atoms with Crippen LogP contribution in [0.4, 0.5) is 5.69 Å². The van der Waals surface area contributed by atoms with Crippen LogP contribution in [0.3, 0.4) is 0 Å². The molecule has 1 fully saturated rings. The minimum atomic E-state index is -1.07. The van der Waals surface area contributed by atoms with Crippen LogP contribution in [0.15, 0.2) is 30.3 Å². The lowest BCUT2D eigenvalue weighted by molar-refractivity contribution is 0.422. The van der Waals surface area contributed by atoms with Crippen LogP contribution in [-0.2, 0) is 4.43 Å². The molecule has 13 heavy (non-hydrogen) atoms. The summed E-state index contributed by atoms with van der Waals surface area (Å²) in [4.78, 5) is 0. The van der Waals surface area contributed by atoms with Crippen LogP contribution in [0.5, 0.6) is 0 Å². The molecule has 1 aromatic carbocycles. The van der Waals surface area contributed by atoms with Gasteiger partial charge in [0.15, 0.2) is 0 Å². The summed E-state index contributed by atoms with van der Waals surface area (Å²) in [6.45, 7) is 1.18. The summed E-state index contributed by atoms with van der Waals surface area (Å²) < 4.78 is 8.00. The third-order valence-corrected chi connectivity index (χ3v) is 5.26. The first-order chi connectivity index (χ1) is 6.42. The molecule has 0 aromatic heterocycles. The van der Waals surface area contributed by atoms with Crippen molar-refractivity contribution in [3.8, 4) is 0 Å². The van der Waals surface area contributed by atoms with E-state index in [-0.39, 0.29) is 0 Å². The molecule has 2 nitrogen and oxygen atoms in total. The number of rotatable bonds is 2. The quantitative estimate of drug-likeness (QED) is 0.664. The van der Waals surface area contributed by atoms with E-state index in [4.69, 9.17) is 4.43 Å². The van der Waals surface area contributed by atoms with Crippen molar-refractivity contribution in [1.82, 2.24) is 0 Å². The molecule has 0 N–H and O–H groups in total. The first kappa shape index (κ1) is 8.78. The molecule has 0 spiro atoms. The third kappa shape index (κ3) is 1.76. The molecule has 0 bridgehead atoms. The maximum absolute atomic E-state index is 5.54. The van der Waals surface area contributed by atoms with Gasteiger partial charge in [-0.3, -0.25) is 0 Å². The molecule has 1 saturated heterocycles. The smallest absolute Gasteiger partial charge is 0.283 e. The van der Waals surface area contributed by atoms with E-state index in [1.54, 1.807) is 0 Å². The Morgan fingerprint density at radius 1 is 1.31 bits per heavy atom. The fourth-order valence-corrected chi connectivity index (χ4v) is 4.20. The Balaban J connectivity index is 2.16. The Morgan fingerprint density at radius 2 is 2.08 bits per heavy atom. The molecule has 1 atom stereocenters. The Hall–Kier alpha value is -0.803. The minimum absolute atomic E-state index is 1.07. The van der Waals surface area contributed by atoms with Crippen LogP contribution in [0.2, 0.25) is 6.04 Å². The van der Waals surface area contributed by atoms with E-state index in [2.05, 4.69) is 34.9 Å². The second kappa shape index (κ2) is 3.94. The van der Waals surface area contributed by atoms with Gasteiger partial charge in [-0.25, -0.2) is 0 Å². The van der Waals surface area contributed by atoms with Gasteiger partial charge in [0.1, 0.15) is 0 Å². The van der Waals surface area contributed by atoms with Crippen molar-refractivity contribution >= 4 is 14.9 Å². The zero-order chi connectivity index (χ0) is 9.10. The van der Waals surface area contributed by atoms with E-state index in [0.717, 1.165) is 0 Å². The molecule has 0 saturated carbocycles. The molecule has 1 unspecified atom stereocenters. The highest BCUT2D eigenvalue weighted by Crippen LogP contribution is 2.23. The summed E-state index contributed by atoms with van der Waals surface area (Å²) in [5.41, 5.74) is 1.33. The van der Waals surface area contributed by atoms with Gasteiger partial charge in [0.05, 0.1) is 0 Å². The van der Waals surface area contributed by atoms with E-state index in [1.165, 1.54) is 24.7 Å². The predicted molar refractivity (Wildman–Crippen MR) is 57.4 cm³/mol. The molecule has 1 heterocycles. The predicted octanol–water partition coefficient (Wildman–Crippen LogP) is 1.76. The molecule has 0 radical (unpaired) electrons. The minimum Gasteiger partial charge on any atom is -0.404 e. The van der Waals surface area contributed by atoms with E-state index in [9.17, 15) is 0 Å². The van der Waals surface area contributed by atoms with Gasteiger partial charge >= 0.3 is 0 Å². The summed E-state index contributed by atoms with van der Waals surface area (Å²) in [5, 5.41) is 0. The van der Waals surface area contributed by atoms with Gasteiger partial charge in [0.25, 0.3) is 9.20 Å². The second-order valence-corrected chi connectivity index (χ2v) is 5.94. The van der Waals surface area contributed by atoms with Crippen LogP contribution in [0.1, 0.15) is 6.42 Å². The van der Waals surface area contributed by atoms with Gasteiger partial charge in [0, 0.05) is 19.3 Å². The third-order valence-electron chi connectivity index (χ3n) is 2.56. The van der Waals surface area contributed by atoms with E-state index in [1.807, 2.05) is 7.11 Å². The van der Waals surface area contributed by atoms with Crippen molar-refractivity contribution in [1.29, 1.82) is 0 Å². The van der Waals surface area contributed by atoms with Crippen LogP contribution in [0.25, 0.3) is 0 Å². The molecule has 2 rings (SSSR count). The highest BCUT2D eigenvalue weighted by atomic mass is 28.3. The Morgan fingerprint density at radius 3 is 2.77 bits per heavy atom. The van der Waals surface area contributed by atoms with E-state index in [0.29, 0.717) is 0 Å². The number of benzene rings is 1. The molecule has 1 aromatic rings. The summed E-state index contributed by atoms with van der Waals surface area (Å²) in [7, 11) is 0.777. The number of anilines is 1. The lowest BCUT2D eigenvalue weighted by Crippen LogP contribution is -2.35.